The second-order valence-corrected chi connectivity index (χ2v) is 10.4. The molecule has 0 radical (unpaired) electrons. The molecule has 180 valence electrons. The third kappa shape index (κ3) is 4.21. The Labute approximate surface area is 210 Å². The minimum absolute atomic E-state index is 0.0338. The van der Waals surface area contributed by atoms with Crippen LogP contribution in [0.4, 0.5) is 10.1 Å². The average Bonchev–Trinajstić information content (AvgIpc) is 3.06. The largest absolute Gasteiger partial charge is 0.489 e. The number of benzene rings is 3. The molecule has 0 saturated carbocycles. The van der Waals surface area contributed by atoms with E-state index in [0.717, 1.165) is 41.6 Å². The highest BCUT2D eigenvalue weighted by Gasteiger charge is 2.39. The number of carbonyl (C=O) groups is 1. The fraction of sp³-hybridized carbons (Fsp3) is 0.345. The number of halogens is 2. The van der Waals surface area contributed by atoms with Crippen LogP contribution in [0.3, 0.4) is 0 Å². The van der Waals surface area contributed by atoms with Crippen molar-refractivity contribution in [3.8, 4) is 16.9 Å². The predicted octanol–water partition coefficient (Wildman–Crippen LogP) is 6.35. The zero-order chi connectivity index (χ0) is 24.1. The fourth-order valence-electron chi connectivity index (χ4n) is 5.95. The van der Waals surface area contributed by atoms with Crippen LogP contribution in [0.25, 0.3) is 11.1 Å². The van der Waals surface area contributed by atoms with Gasteiger partial charge in [-0.3, -0.25) is 4.79 Å². The third-order valence-electron chi connectivity index (χ3n) is 7.94. The Bertz CT molecular complexity index is 1260. The lowest BCUT2D eigenvalue weighted by molar-refractivity contribution is 0.0662. The van der Waals surface area contributed by atoms with Crippen LogP contribution in [-0.2, 0) is 6.42 Å². The summed E-state index contributed by atoms with van der Waals surface area (Å²) in [5.74, 6) is 0.401. The van der Waals surface area contributed by atoms with E-state index in [0.29, 0.717) is 35.0 Å². The average molecular weight is 491 g/mol. The second-order valence-electron chi connectivity index (χ2n) is 9.96. The molecule has 3 aliphatic heterocycles. The number of rotatable bonds is 4. The smallest absolute Gasteiger partial charge is 0.258 e. The summed E-state index contributed by atoms with van der Waals surface area (Å²) in [6.45, 7) is 0.577. The van der Waals surface area contributed by atoms with E-state index in [1.54, 1.807) is 17.0 Å². The van der Waals surface area contributed by atoms with Crippen molar-refractivity contribution in [2.24, 2.45) is 0 Å². The van der Waals surface area contributed by atoms with Crippen molar-refractivity contribution in [2.75, 3.05) is 18.5 Å². The topological polar surface area (TPSA) is 32.8 Å². The molecule has 2 saturated heterocycles. The van der Waals surface area contributed by atoms with Gasteiger partial charge in [-0.25, -0.2) is 4.39 Å². The quantitative estimate of drug-likeness (QED) is 0.427. The van der Waals surface area contributed by atoms with Crippen LogP contribution in [0.2, 0.25) is 5.02 Å². The first-order chi connectivity index (χ1) is 17.0. The summed E-state index contributed by atoms with van der Waals surface area (Å²) >= 11 is 6.63. The Morgan fingerprint density at radius 3 is 2.37 bits per heavy atom. The molecule has 3 heterocycles. The molecule has 4 nitrogen and oxygen atoms in total. The standard InChI is InChI=1S/C29H28ClFN2O2/c1-32-22-7-8-23(32)16-25(15-22)35-28-11-9-24(17-27(28)30)33-13-12-20-14-19(4-10-26(20)29(33)34)18-2-5-21(31)6-3-18/h2-6,9-11,14,17,22-23,25H,7-8,12-13,15-16H2,1H3/t22-,23+,25?. The van der Waals surface area contributed by atoms with E-state index < -0.39 is 0 Å². The Hall–Kier alpha value is -2.89. The van der Waals surface area contributed by atoms with Crippen molar-refractivity contribution in [1.29, 1.82) is 0 Å². The number of nitrogens with zero attached hydrogens (tertiary/aromatic N) is 2. The predicted molar refractivity (Wildman–Crippen MR) is 137 cm³/mol. The van der Waals surface area contributed by atoms with Crippen LogP contribution < -0.4 is 9.64 Å². The molecule has 0 aliphatic carbocycles. The van der Waals surface area contributed by atoms with Crippen LogP contribution in [-0.4, -0.2) is 42.6 Å². The van der Waals surface area contributed by atoms with Crippen LogP contribution in [0, 0.1) is 5.82 Å². The maximum absolute atomic E-state index is 13.3. The van der Waals surface area contributed by atoms with Crippen LogP contribution >= 0.6 is 11.6 Å². The van der Waals surface area contributed by atoms with Gasteiger partial charge in [0, 0.05) is 29.9 Å². The van der Waals surface area contributed by atoms with Crippen LogP contribution in [0.5, 0.6) is 5.75 Å². The Morgan fingerprint density at radius 1 is 0.943 bits per heavy atom. The van der Waals surface area contributed by atoms with E-state index in [-0.39, 0.29) is 17.8 Å². The van der Waals surface area contributed by atoms with Crippen LogP contribution in [0.1, 0.15) is 41.6 Å². The van der Waals surface area contributed by atoms with Gasteiger partial charge in [0.15, 0.2) is 0 Å². The highest BCUT2D eigenvalue weighted by molar-refractivity contribution is 6.32. The molecule has 6 rings (SSSR count). The number of ether oxygens (including phenoxy) is 1. The van der Waals surface area contributed by atoms with Gasteiger partial charge in [-0.2, -0.15) is 0 Å². The van der Waals surface area contributed by atoms with E-state index in [2.05, 4.69) is 11.9 Å². The normalized spacial score (nSPS) is 23.9. The fourth-order valence-corrected chi connectivity index (χ4v) is 6.17. The van der Waals surface area contributed by atoms with E-state index in [1.165, 1.54) is 25.0 Å². The maximum atomic E-state index is 13.3. The molecule has 2 bridgehead atoms. The lowest BCUT2D eigenvalue weighted by atomic mass is 9.94. The van der Waals surface area contributed by atoms with Crippen molar-refractivity contribution in [3.63, 3.8) is 0 Å². The highest BCUT2D eigenvalue weighted by atomic mass is 35.5. The Kier molecular flexibility index (Phi) is 5.78. The summed E-state index contributed by atoms with van der Waals surface area (Å²) in [4.78, 5) is 17.6. The number of hydrogen-bond donors (Lipinski definition) is 0. The molecule has 1 amide bonds. The first-order valence-corrected chi connectivity index (χ1v) is 12.7. The molecule has 35 heavy (non-hydrogen) atoms. The summed E-state index contributed by atoms with van der Waals surface area (Å²) in [5, 5.41) is 0.541. The van der Waals surface area contributed by atoms with Gasteiger partial charge in [-0.15, -0.1) is 0 Å². The minimum atomic E-state index is -0.258. The van der Waals surface area contributed by atoms with Gasteiger partial charge in [-0.1, -0.05) is 35.9 Å². The molecule has 6 heteroatoms. The first kappa shape index (κ1) is 22.6. The van der Waals surface area contributed by atoms with Gasteiger partial charge in [0.2, 0.25) is 0 Å². The molecule has 3 atom stereocenters. The van der Waals surface area contributed by atoms with E-state index in [4.69, 9.17) is 16.3 Å². The number of fused-ring (bicyclic) bond motifs is 3. The SMILES string of the molecule is CN1[C@@H]2CC[C@H]1CC(Oc1ccc(N3CCc4cc(-c5ccc(F)cc5)ccc4C3=O)cc1Cl)C2. The van der Waals surface area contributed by atoms with Gasteiger partial charge in [0.25, 0.3) is 5.91 Å². The Morgan fingerprint density at radius 2 is 1.66 bits per heavy atom. The molecule has 1 unspecified atom stereocenters. The zero-order valence-electron chi connectivity index (χ0n) is 19.7. The molecular formula is C29H28ClFN2O2. The first-order valence-electron chi connectivity index (χ1n) is 12.3. The molecule has 2 fully saturated rings. The van der Waals surface area contributed by atoms with E-state index in [1.807, 2.05) is 36.4 Å². The second kappa shape index (κ2) is 8.96. The molecular weight excluding hydrogens is 463 g/mol. The lowest BCUT2D eigenvalue weighted by Crippen LogP contribution is -2.43. The van der Waals surface area contributed by atoms with Crippen molar-refractivity contribution >= 4 is 23.2 Å². The van der Waals surface area contributed by atoms with Gasteiger partial charge >= 0.3 is 0 Å². The highest BCUT2D eigenvalue weighted by Crippen LogP contribution is 2.38. The number of anilines is 1. The third-order valence-corrected chi connectivity index (χ3v) is 8.23. The lowest BCUT2D eigenvalue weighted by Gasteiger charge is -2.36. The van der Waals surface area contributed by atoms with Gasteiger partial charge in [0.05, 0.1) is 5.02 Å². The molecule has 0 N–H and O–H groups in total. The number of piperidine rings is 1. The van der Waals surface area contributed by atoms with Gasteiger partial charge in [-0.05, 0) is 92.2 Å². The monoisotopic (exact) mass is 490 g/mol. The van der Waals surface area contributed by atoms with Crippen LogP contribution in [0.15, 0.2) is 60.7 Å². The molecule has 0 spiro atoms. The molecule has 3 aliphatic rings. The summed E-state index contributed by atoms with van der Waals surface area (Å²) in [6, 6.07) is 19.1. The van der Waals surface area contributed by atoms with E-state index >= 15 is 0 Å². The summed E-state index contributed by atoms with van der Waals surface area (Å²) < 4.78 is 19.6. The number of amides is 1. The Balaban J connectivity index is 1.18. The summed E-state index contributed by atoms with van der Waals surface area (Å²) in [6.07, 6.45) is 5.49. The minimum Gasteiger partial charge on any atom is -0.489 e. The molecule has 3 aromatic carbocycles. The number of hydrogen-bond acceptors (Lipinski definition) is 3. The molecule has 0 aromatic heterocycles. The zero-order valence-corrected chi connectivity index (χ0v) is 20.5. The maximum Gasteiger partial charge on any atom is 0.258 e. The number of carbonyl (C=O) groups excluding carboxylic acids is 1. The van der Waals surface area contributed by atoms with Gasteiger partial charge in [0.1, 0.15) is 17.7 Å². The van der Waals surface area contributed by atoms with E-state index in [9.17, 15) is 9.18 Å². The summed E-state index contributed by atoms with van der Waals surface area (Å²) in [7, 11) is 2.22. The molecule has 3 aromatic rings. The van der Waals surface area contributed by atoms with Gasteiger partial charge < -0.3 is 14.5 Å². The van der Waals surface area contributed by atoms with Crippen molar-refractivity contribution < 1.29 is 13.9 Å². The van der Waals surface area contributed by atoms with Crippen molar-refractivity contribution in [3.05, 3.63) is 82.6 Å². The van der Waals surface area contributed by atoms with Crippen molar-refractivity contribution in [1.82, 2.24) is 4.90 Å². The summed E-state index contributed by atoms with van der Waals surface area (Å²) in [5.41, 5.74) is 4.40. The van der Waals surface area contributed by atoms with Crippen molar-refractivity contribution in [2.45, 2.75) is 50.3 Å².